The number of fused-ring (bicyclic) bond motifs is 1. The molecular formula is C17H21FN4O2S. The van der Waals surface area contributed by atoms with E-state index in [1.165, 1.54) is 0 Å². The maximum absolute atomic E-state index is 12.4. The number of aromatic nitrogens is 2. The number of rotatable bonds is 5. The Morgan fingerprint density at radius 1 is 1.36 bits per heavy atom. The lowest BCUT2D eigenvalue weighted by atomic mass is 10.2. The molecule has 134 valence electrons. The van der Waals surface area contributed by atoms with Crippen molar-refractivity contribution in [3.63, 3.8) is 0 Å². The van der Waals surface area contributed by atoms with E-state index in [1.807, 2.05) is 29.1 Å². The molecule has 0 saturated carbocycles. The van der Waals surface area contributed by atoms with Gasteiger partial charge in [-0.25, -0.2) is 4.98 Å². The summed E-state index contributed by atoms with van der Waals surface area (Å²) in [7, 11) is 1.82. The first-order chi connectivity index (χ1) is 12.1. The van der Waals surface area contributed by atoms with Crippen molar-refractivity contribution in [1.82, 2.24) is 19.8 Å². The maximum Gasteiger partial charge on any atom is 0.287 e. The van der Waals surface area contributed by atoms with Gasteiger partial charge in [0.2, 0.25) is 5.91 Å². The standard InChI is InChI=1S/C17H21FN4O2S/c1-21-14-6-9-22(15(23)4-7-18)8-5-13(14)20-16(21)17(24)19-11-12-3-2-10-25-12/h2-3,10H,4-9,11H2,1H3,(H,19,24). The van der Waals surface area contributed by atoms with Crippen LogP contribution < -0.4 is 5.32 Å². The van der Waals surface area contributed by atoms with Crippen molar-refractivity contribution in [2.24, 2.45) is 7.05 Å². The Morgan fingerprint density at radius 2 is 2.16 bits per heavy atom. The average molecular weight is 364 g/mol. The molecule has 0 saturated heterocycles. The molecule has 0 aliphatic carbocycles. The van der Waals surface area contributed by atoms with Gasteiger partial charge in [-0.05, 0) is 11.4 Å². The molecule has 25 heavy (non-hydrogen) atoms. The smallest absolute Gasteiger partial charge is 0.287 e. The molecule has 6 nitrogen and oxygen atoms in total. The predicted molar refractivity (Wildman–Crippen MR) is 93.3 cm³/mol. The third-order valence-corrected chi connectivity index (χ3v) is 5.28. The number of nitrogens with zero attached hydrogens (tertiary/aromatic N) is 3. The highest BCUT2D eigenvalue weighted by Gasteiger charge is 2.24. The lowest BCUT2D eigenvalue weighted by Gasteiger charge is -2.19. The number of hydrogen-bond acceptors (Lipinski definition) is 4. The average Bonchev–Trinajstić information content (AvgIpc) is 3.16. The van der Waals surface area contributed by atoms with Crippen LogP contribution in [-0.2, 0) is 31.2 Å². The van der Waals surface area contributed by atoms with Crippen LogP contribution >= 0.6 is 11.3 Å². The quantitative estimate of drug-likeness (QED) is 0.878. The second kappa shape index (κ2) is 7.77. The molecule has 0 spiro atoms. The molecule has 2 aromatic rings. The van der Waals surface area contributed by atoms with E-state index >= 15 is 0 Å². The first-order valence-electron chi connectivity index (χ1n) is 8.29. The summed E-state index contributed by atoms with van der Waals surface area (Å²) in [6.45, 7) is 0.898. The Hall–Kier alpha value is -2.22. The molecule has 1 aliphatic rings. The van der Waals surface area contributed by atoms with Crippen LogP contribution in [-0.4, -0.2) is 46.0 Å². The van der Waals surface area contributed by atoms with Crippen LogP contribution in [0, 0.1) is 0 Å². The summed E-state index contributed by atoms with van der Waals surface area (Å²) in [5, 5.41) is 4.87. The summed E-state index contributed by atoms with van der Waals surface area (Å²) in [6, 6.07) is 3.92. The molecule has 3 rings (SSSR count). The van der Waals surface area contributed by atoms with Gasteiger partial charge in [-0.1, -0.05) is 6.07 Å². The van der Waals surface area contributed by atoms with Gasteiger partial charge in [-0.3, -0.25) is 14.0 Å². The fraction of sp³-hybridized carbons (Fsp3) is 0.471. The number of carbonyl (C=O) groups excluding carboxylic acids is 2. The van der Waals surface area contributed by atoms with Gasteiger partial charge in [-0.2, -0.15) is 0 Å². The van der Waals surface area contributed by atoms with Gasteiger partial charge in [0.15, 0.2) is 5.82 Å². The summed E-state index contributed by atoms with van der Waals surface area (Å²) in [6.07, 6.45) is 1.13. The summed E-state index contributed by atoms with van der Waals surface area (Å²) in [4.78, 5) is 31.6. The van der Waals surface area contributed by atoms with E-state index in [-0.39, 0.29) is 18.2 Å². The number of imidazole rings is 1. The van der Waals surface area contributed by atoms with E-state index < -0.39 is 6.67 Å². The van der Waals surface area contributed by atoms with Crippen molar-refractivity contribution >= 4 is 23.2 Å². The topological polar surface area (TPSA) is 67.2 Å². The van der Waals surface area contributed by atoms with E-state index in [1.54, 1.807) is 16.2 Å². The van der Waals surface area contributed by atoms with Crippen molar-refractivity contribution < 1.29 is 14.0 Å². The summed E-state index contributed by atoms with van der Waals surface area (Å²) >= 11 is 1.60. The van der Waals surface area contributed by atoms with Crippen LogP contribution in [0.5, 0.6) is 0 Å². The molecule has 0 aromatic carbocycles. The Labute approximate surface area is 149 Å². The molecule has 0 radical (unpaired) electrons. The zero-order valence-electron chi connectivity index (χ0n) is 14.1. The summed E-state index contributed by atoms with van der Waals surface area (Å²) in [5.74, 6) is 0.0312. The van der Waals surface area contributed by atoms with E-state index in [2.05, 4.69) is 10.3 Å². The third-order valence-electron chi connectivity index (χ3n) is 4.40. The number of nitrogens with one attached hydrogen (secondary N) is 1. The summed E-state index contributed by atoms with van der Waals surface area (Å²) < 4.78 is 14.2. The van der Waals surface area contributed by atoms with Gasteiger partial charge in [-0.15, -0.1) is 11.3 Å². The second-order valence-corrected chi connectivity index (χ2v) is 7.00. The highest BCUT2D eigenvalue weighted by Crippen LogP contribution is 2.18. The van der Waals surface area contributed by atoms with Crippen LogP contribution in [0.3, 0.4) is 0 Å². The van der Waals surface area contributed by atoms with E-state index in [0.717, 1.165) is 16.3 Å². The van der Waals surface area contributed by atoms with E-state index in [0.29, 0.717) is 38.3 Å². The highest BCUT2D eigenvalue weighted by atomic mass is 32.1. The van der Waals surface area contributed by atoms with Gasteiger partial charge in [0.05, 0.1) is 25.3 Å². The molecular weight excluding hydrogens is 343 g/mol. The van der Waals surface area contributed by atoms with Crippen LogP contribution in [0.25, 0.3) is 0 Å². The summed E-state index contributed by atoms with van der Waals surface area (Å²) in [5.41, 5.74) is 1.82. The van der Waals surface area contributed by atoms with E-state index in [4.69, 9.17) is 0 Å². The zero-order valence-corrected chi connectivity index (χ0v) is 14.9. The van der Waals surface area contributed by atoms with Gasteiger partial charge < -0.3 is 14.8 Å². The number of thiophene rings is 1. The number of alkyl halides is 1. The van der Waals surface area contributed by atoms with Crippen molar-refractivity contribution in [2.75, 3.05) is 19.8 Å². The molecule has 2 amide bonds. The van der Waals surface area contributed by atoms with Crippen LogP contribution in [0.2, 0.25) is 0 Å². The minimum Gasteiger partial charge on any atom is -0.344 e. The minimum absolute atomic E-state index is 0.0693. The number of halogens is 1. The van der Waals surface area contributed by atoms with Crippen molar-refractivity contribution in [3.05, 3.63) is 39.6 Å². The van der Waals surface area contributed by atoms with Crippen LogP contribution in [0.15, 0.2) is 17.5 Å². The molecule has 0 atom stereocenters. The fourth-order valence-electron chi connectivity index (χ4n) is 3.05. The van der Waals surface area contributed by atoms with E-state index in [9.17, 15) is 14.0 Å². The normalized spacial score (nSPS) is 14.1. The Bertz CT molecular complexity index is 757. The Balaban J connectivity index is 1.67. The molecule has 8 heteroatoms. The molecule has 0 unspecified atom stereocenters. The second-order valence-electron chi connectivity index (χ2n) is 5.97. The van der Waals surface area contributed by atoms with Gasteiger partial charge in [0.1, 0.15) is 0 Å². The number of amides is 2. The van der Waals surface area contributed by atoms with Crippen LogP contribution in [0.1, 0.15) is 33.3 Å². The molecule has 3 heterocycles. The SMILES string of the molecule is Cn1c(C(=O)NCc2cccs2)nc2c1CCN(C(=O)CCF)CC2. The zero-order chi connectivity index (χ0) is 17.8. The lowest BCUT2D eigenvalue weighted by Crippen LogP contribution is -2.33. The molecule has 0 fully saturated rings. The van der Waals surface area contributed by atoms with Gasteiger partial charge >= 0.3 is 0 Å². The molecule has 1 aliphatic heterocycles. The molecule has 2 aromatic heterocycles. The first-order valence-corrected chi connectivity index (χ1v) is 9.17. The van der Waals surface area contributed by atoms with Crippen molar-refractivity contribution in [1.29, 1.82) is 0 Å². The maximum atomic E-state index is 12.4. The fourth-order valence-corrected chi connectivity index (χ4v) is 3.69. The first kappa shape index (κ1) is 17.6. The lowest BCUT2D eigenvalue weighted by molar-refractivity contribution is -0.131. The largest absolute Gasteiger partial charge is 0.344 e. The Kier molecular flexibility index (Phi) is 5.47. The predicted octanol–water partition coefficient (Wildman–Crippen LogP) is 1.70. The monoisotopic (exact) mass is 364 g/mol. The third kappa shape index (κ3) is 3.89. The van der Waals surface area contributed by atoms with Gasteiger partial charge in [0.25, 0.3) is 5.91 Å². The molecule has 1 N–H and O–H groups in total. The minimum atomic E-state index is -0.630. The number of hydrogen-bond donors (Lipinski definition) is 1. The number of carbonyl (C=O) groups is 2. The highest BCUT2D eigenvalue weighted by molar-refractivity contribution is 7.09. The van der Waals surface area contributed by atoms with Gasteiger partial charge in [0, 0.05) is 43.5 Å². The molecule has 0 bridgehead atoms. The van der Waals surface area contributed by atoms with Crippen molar-refractivity contribution in [3.8, 4) is 0 Å². The van der Waals surface area contributed by atoms with Crippen molar-refractivity contribution in [2.45, 2.75) is 25.8 Å². The van der Waals surface area contributed by atoms with Crippen LogP contribution in [0.4, 0.5) is 4.39 Å². The Morgan fingerprint density at radius 3 is 2.88 bits per heavy atom.